The molecule has 0 bridgehead atoms. The molecule has 1 saturated carbocycles. The standard InChI is InChI=1S/C22H30F4O3/c1-2-3-16-13-27-21(28-14-16)11-6-15-4-7-17(8-5-15)18-9-10-20(19(23)12-18)29-22(24,25)26/h9-10,12,15-17,21H,2-8,11,13-14H2,1H3. The summed E-state index contributed by atoms with van der Waals surface area (Å²) in [5.41, 5.74) is 0.747. The molecule has 1 aromatic rings. The zero-order valence-electron chi connectivity index (χ0n) is 16.8. The molecular formula is C22H30F4O3. The van der Waals surface area contributed by atoms with Crippen molar-refractivity contribution in [2.75, 3.05) is 13.2 Å². The van der Waals surface area contributed by atoms with E-state index in [1.807, 2.05) is 0 Å². The van der Waals surface area contributed by atoms with Gasteiger partial charge in [-0.2, -0.15) is 0 Å². The molecule has 1 aliphatic carbocycles. The molecule has 0 unspecified atom stereocenters. The lowest BCUT2D eigenvalue weighted by Crippen LogP contribution is -2.32. The Kier molecular flexibility index (Phi) is 7.79. The van der Waals surface area contributed by atoms with E-state index in [2.05, 4.69) is 11.7 Å². The van der Waals surface area contributed by atoms with Crippen LogP contribution in [0.3, 0.4) is 0 Å². The van der Waals surface area contributed by atoms with Gasteiger partial charge in [0.1, 0.15) is 0 Å². The van der Waals surface area contributed by atoms with Gasteiger partial charge in [0.05, 0.1) is 13.2 Å². The van der Waals surface area contributed by atoms with Crippen LogP contribution < -0.4 is 4.74 Å². The summed E-state index contributed by atoms with van der Waals surface area (Å²) in [5.74, 6) is -0.458. The molecular weight excluding hydrogens is 388 g/mol. The number of alkyl halides is 3. The van der Waals surface area contributed by atoms with Crippen LogP contribution in [-0.4, -0.2) is 25.9 Å². The molecule has 0 radical (unpaired) electrons. The topological polar surface area (TPSA) is 27.7 Å². The monoisotopic (exact) mass is 418 g/mol. The zero-order chi connectivity index (χ0) is 20.9. The fourth-order valence-corrected chi connectivity index (χ4v) is 4.46. The molecule has 0 spiro atoms. The van der Waals surface area contributed by atoms with E-state index < -0.39 is 17.9 Å². The highest BCUT2D eigenvalue weighted by Crippen LogP contribution is 2.39. The van der Waals surface area contributed by atoms with Crippen molar-refractivity contribution < 1.29 is 31.8 Å². The summed E-state index contributed by atoms with van der Waals surface area (Å²) in [7, 11) is 0. The van der Waals surface area contributed by atoms with Crippen LogP contribution in [0.4, 0.5) is 17.6 Å². The van der Waals surface area contributed by atoms with E-state index in [0.717, 1.165) is 76.2 Å². The Bertz CT molecular complexity index is 633. The highest BCUT2D eigenvalue weighted by Gasteiger charge is 2.33. The SMILES string of the molecule is CCCC1COC(CCC2CCC(c3ccc(OC(F)(F)F)c(F)c3)CC2)OC1. The first-order valence-corrected chi connectivity index (χ1v) is 10.6. The van der Waals surface area contributed by atoms with E-state index in [0.29, 0.717) is 11.8 Å². The van der Waals surface area contributed by atoms with E-state index in [1.165, 1.54) is 6.07 Å². The largest absolute Gasteiger partial charge is 0.573 e. The summed E-state index contributed by atoms with van der Waals surface area (Å²) < 4.78 is 66.1. The molecule has 3 rings (SSSR count). The molecule has 0 aromatic heterocycles. The van der Waals surface area contributed by atoms with Gasteiger partial charge in [0.25, 0.3) is 0 Å². The second-order valence-electron chi connectivity index (χ2n) is 8.28. The maximum absolute atomic E-state index is 14.0. The number of benzene rings is 1. The van der Waals surface area contributed by atoms with Crippen molar-refractivity contribution in [2.45, 2.75) is 76.9 Å². The fraction of sp³-hybridized carbons (Fsp3) is 0.727. The summed E-state index contributed by atoms with van der Waals surface area (Å²) in [4.78, 5) is 0. The fourth-order valence-electron chi connectivity index (χ4n) is 4.46. The maximum Gasteiger partial charge on any atom is 0.573 e. The molecule has 3 nitrogen and oxygen atoms in total. The summed E-state index contributed by atoms with van der Waals surface area (Å²) in [5, 5.41) is 0. The molecule has 1 aromatic carbocycles. The van der Waals surface area contributed by atoms with Crippen LogP contribution in [0.15, 0.2) is 18.2 Å². The predicted octanol–water partition coefficient (Wildman–Crippen LogP) is 6.57. The van der Waals surface area contributed by atoms with E-state index in [-0.39, 0.29) is 12.2 Å². The van der Waals surface area contributed by atoms with Crippen molar-refractivity contribution in [3.63, 3.8) is 0 Å². The van der Waals surface area contributed by atoms with Crippen LogP contribution in [0.5, 0.6) is 5.75 Å². The number of rotatable bonds is 7. The summed E-state index contributed by atoms with van der Waals surface area (Å²) in [6, 6.07) is 3.81. The van der Waals surface area contributed by atoms with E-state index in [1.54, 1.807) is 6.07 Å². The minimum absolute atomic E-state index is 0.101. The van der Waals surface area contributed by atoms with Gasteiger partial charge >= 0.3 is 6.36 Å². The Balaban J connectivity index is 1.41. The van der Waals surface area contributed by atoms with Crippen LogP contribution in [0.1, 0.15) is 69.8 Å². The minimum atomic E-state index is -4.89. The molecule has 0 atom stereocenters. The molecule has 1 heterocycles. The van der Waals surface area contributed by atoms with Gasteiger partial charge in [-0.05, 0) is 74.5 Å². The van der Waals surface area contributed by atoms with Crippen molar-refractivity contribution >= 4 is 0 Å². The van der Waals surface area contributed by atoms with Gasteiger partial charge in [-0.3, -0.25) is 0 Å². The molecule has 0 amide bonds. The third kappa shape index (κ3) is 6.85. The summed E-state index contributed by atoms with van der Waals surface area (Å²) >= 11 is 0. The normalized spacial score (nSPS) is 28.3. The number of hydrogen-bond acceptors (Lipinski definition) is 3. The van der Waals surface area contributed by atoms with E-state index >= 15 is 0 Å². The van der Waals surface area contributed by atoms with Crippen molar-refractivity contribution in [1.82, 2.24) is 0 Å². The van der Waals surface area contributed by atoms with Gasteiger partial charge in [-0.15, -0.1) is 13.2 Å². The second kappa shape index (κ2) is 10.1. The molecule has 0 N–H and O–H groups in total. The lowest BCUT2D eigenvalue weighted by Gasteiger charge is -2.32. The van der Waals surface area contributed by atoms with Crippen LogP contribution in [0, 0.1) is 17.7 Å². The Morgan fingerprint density at radius 3 is 2.24 bits per heavy atom. The van der Waals surface area contributed by atoms with Gasteiger partial charge in [-0.25, -0.2) is 4.39 Å². The van der Waals surface area contributed by atoms with Crippen LogP contribution in [0.2, 0.25) is 0 Å². The first-order valence-electron chi connectivity index (χ1n) is 10.6. The van der Waals surface area contributed by atoms with Gasteiger partial charge in [0, 0.05) is 5.92 Å². The highest BCUT2D eigenvalue weighted by molar-refractivity contribution is 5.31. The minimum Gasteiger partial charge on any atom is -0.403 e. The van der Waals surface area contributed by atoms with E-state index in [4.69, 9.17) is 9.47 Å². The third-order valence-corrected chi connectivity index (χ3v) is 6.04. The lowest BCUT2D eigenvalue weighted by molar-refractivity contribution is -0.275. The predicted molar refractivity (Wildman–Crippen MR) is 101 cm³/mol. The zero-order valence-corrected chi connectivity index (χ0v) is 16.8. The first kappa shape index (κ1) is 22.3. The van der Waals surface area contributed by atoms with Gasteiger partial charge in [0.15, 0.2) is 17.9 Å². The van der Waals surface area contributed by atoms with Crippen LogP contribution in [-0.2, 0) is 9.47 Å². The third-order valence-electron chi connectivity index (χ3n) is 6.04. The van der Waals surface area contributed by atoms with Crippen molar-refractivity contribution in [2.24, 2.45) is 11.8 Å². The summed E-state index contributed by atoms with van der Waals surface area (Å²) in [6.07, 6.45) is 3.11. The number of halogens is 4. The van der Waals surface area contributed by atoms with Crippen molar-refractivity contribution in [3.05, 3.63) is 29.6 Å². The molecule has 2 fully saturated rings. The molecule has 2 aliphatic rings. The van der Waals surface area contributed by atoms with Crippen LogP contribution >= 0.6 is 0 Å². The Morgan fingerprint density at radius 1 is 0.966 bits per heavy atom. The average Bonchev–Trinajstić information content (AvgIpc) is 2.69. The molecule has 29 heavy (non-hydrogen) atoms. The first-order chi connectivity index (χ1) is 13.8. The van der Waals surface area contributed by atoms with Crippen LogP contribution in [0.25, 0.3) is 0 Å². The molecule has 7 heteroatoms. The average molecular weight is 418 g/mol. The molecule has 164 valence electrons. The lowest BCUT2D eigenvalue weighted by atomic mass is 9.77. The van der Waals surface area contributed by atoms with Gasteiger partial charge in [-0.1, -0.05) is 19.4 Å². The molecule has 1 saturated heterocycles. The van der Waals surface area contributed by atoms with Gasteiger partial charge in [0.2, 0.25) is 0 Å². The highest BCUT2D eigenvalue weighted by atomic mass is 19.4. The Labute approximate surface area is 169 Å². The van der Waals surface area contributed by atoms with Crippen molar-refractivity contribution in [1.29, 1.82) is 0 Å². The Hall–Kier alpha value is -1.34. The van der Waals surface area contributed by atoms with E-state index in [9.17, 15) is 17.6 Å². The van der Waals surface area contributed by atoms with Crippen molar-refractivity contribution in [3.8, 4) is 5.75 Å². The number of ether oxygens (including phenoxy) is 3. The smallest absolute Gasteiger partial charge is 0.403 e. The Morgan fingerprint density at radius 2 is 1.66 bits per heavy atom. The van der Waals surface area contributed by atoms with Gasteiger partial charge < -0.3 is 14.2 Å². The maximum atomic E-state index is 14.0. The summed E-state index contributed by atoms with van der Waals surface area (Å²) in [6.45, 7) is 3.73. The molecule has 1 aliphatic heterocycles. The quantitative estimate of drug-likeness (QED) is 0.469. The second-order valence-corrected chi connectivity index (χ2v) is 8.28. The number of hydrogen-bond donors (Lipinski definition) is 0.